The molecule has 4 heteroatoms. The maximum absolute atomic E-state index is 7.61. The molecular formula is C12H10Br2N2. The van der Waals surface area contributed by atoms with Gasteiger partial charge in [-0.3, -0.25) is 9.97 Å². The third-order valence-electron chi connectivity index (χ3n) is 1.95. The third-order valence-corrected chi connectivity index (χ3v) is 2.77. The topological polar surface area (TPSA) is 25.8 Å². The number of hydrogen-bond donors (Lipinski definition) is 0. The minimum absolute atomic E-state index is 0.240. The van der Waals surface area contributed by atoms with Crippen LogP contribution < -0.4 is 0 Å². The van der Waals surface area contributed by atoms with E-state index in [-0.39, 0.29) is 11.4 Å². The first kappa shape index (κ1) is 7.56. The van der Waals surface area contributed by atoms with Crippen LogP contribution in [0.1, 0.15) is 16.9 Å². The van der Waals surface area contributed by atoms with Gasteiger partial charge in [0, 0.05) is 16.0 Å². The molecular weight excluding hydrogens is 332 g/mol. The Kier molecular flexibility index (Phi) is 2.62. The van der Waals surface area contributed by atoms with Crippen LogP contribution in [-0.2, 0) is 10.6 Å². The zero-order chi connectivity index (χ0) is 15.0. The summed E-state index contributed by atoms with van der Waals surface area (Å²) in [5.41, 5.74) is 1.46. The lowest BCUT2D eigenvalue weighted by molar-refractivity contribution is 1.13. The lowest BCUT2D eigenvalue weighted by Gasteiger charge is -2.03. The summed E-state index contributed by atoms with van der Waals surface area (Å²) in [5, 5.41) is -3.44. The molecule has 0 radical (unpaired) electrons. The second kappa shape index (κ2) is 5.55. The Morgan fingerprint density at radius 2 is 1.31 bits per heavy atom. The monoisotopic (exact) mass is 344 g/mol. The van der Waals surface area contributed by atoms with Gasteiger partial charge in [-0.2, -0.15) is 0 Å². The van der Waals surface area contributed by atoms with Gasteiger partial charge in [0.2, 0.25) is 0 Å². The Morgan fingerprint density at radius 3 is 1.69 bits per heavy atom. The van der Waals surface area contributed by atoms with Crippen LogP contribution in [0.15, 0.2) is 36.4 Å². The second-order valence-corrected chi connectivity index (χ2v) is 3.80. The maximum atomic E-state index is 7.61. The summed E-state index contributed by atoms with van der Waals surface area (Å²) in [6.45, 7) is 0. The smallest absolute Gasteiger partial charge is 0.0889 e. The molecule has 0 spiro atoms. The lowest BCUT2D eigenvalue weighted by atomic mass is 10.2. The molecule has 2 heterocycles. The molecule has 2 aromatic rings. The summed E-state index contributed by atoms with van der Waals surface area (Å²) in [6.07, 6.45) is 0. The summed E-state index contributed by atoms with van der Waals surface area (Å²) in [6, 6.07) is 9.94. The lowest BCUT2D eigenvalue weighted by Crippen LogP contribution is -1.93. The summed E-state index contributed by atoms with van der Waals surface area (Å²) < 4.78 is 30.4. The fourth-order valence-corrected chi connectivity index (χ4v) is 1.70. The van der Waals surface area contributed by atoms with E-state index in [9.17, 15) is 0 Å². The Morgan fingerprint density at radius 1 is 0.875 bits per heavy atom. The van der Waals surface area contributed by atoms with Gasteiger partial charge in [-0.05, 0) is 24.3 Å². The summed E-state index contributed by atoms with van der Waals surface area (Å²) in [5.74, 6) is 0. The highest BCUT2D eigenvalue weighted by molar-refractivity contribution is 9.08. The number of nitrogens with zero attached hydrogens (tertiary/aromatic N) is 2. The van der Waals surface area contributed by atoms with Crippen molar-refractivity contribution < 1.29 is 5.48 Å². The van der Waals surface area contributed by atoms with Gasteiger partial charge in [-0.15, -0.1) is 0 Å². The third kappa shape index (κ3) is 2.68. The molecule has 0 amide bonds. The molecule has 2 aromatic heterocycles. The molecule has 0 aliphatic rings. The fraction of sp³-hybridized carbons (Fsp3) is 0.167. The van der Waals surface area contributed by atoms with Crippen LogP contribution >= 0.6 is 31.9 Å². The van der Waals surface area contributed by atoms with Crippen molar-refractivity contribution >= 4 is 31.9 Å². The molecule has 0 aromatic carbocycles. The van der Waals surface area contributed by atoms with E-state index in [2.05, 4.69) is 41.8 Å². The number of halogens is 2. The molecule has 0 atom stereocenters. The first-order chi connectivity index (χ1) is 9.18. The highest BCUT2D eigenvalue weighted by Crippen LogP contribution is 2.16. The average Bonchev–Trinajstić information content (AvgIpc) is 2.37. The first-order valence-corrected chi connectivity index (χ1v) is 6.10. The molecule has 0 aliphatic heterocycles. The summed E-state index contributed by atoms with van der Waals surface area (Å²) >= 11 is 5.85. The van der Waals surface area contributed by atoms with Crippen LogP contribution in [0.4, 0.5) is 0 Å². The van der Waals surface area contributed by atoms with Gasteiger partial charge in [0.25, 0.3) is 0 Å². The van der Waals surface area contributed by atoms with Gasteiger partial charge in [0.1, 0.15) is 0 Å². The minimum Gasteiger partial charge on any atom is -0.250 e. The molecule has 0 aliphatic carbocycles. The quantitative estimate of drug-likeness (QED) is 0.787. The maximum Gasteiger partial charge on any atom is 0.0889 e. The molecule has 2 nitrogen and oxygen atoms in total. The molecule has 0 unspecified atom stereocenters. The Balaban J connectivity index is 2.47. The van der Waals surface area contributed by atoms with E-state index >= 15 is 0 Å². The van der Waals surface area contributed by atoms with Crippen LogP contribution in [0.3, 0.4) is 0 Å². The Hall–Kier alpha value is -0.740. The van der Waals surface area contributed by atoms with E-state index in [1.807, 2.05) is 0 Å². The second-order valence-electron chi connectivity index (χ2n) is 3.01. The van der Waals surface area contributed by atoms with Gasteiger partial charge in [-0.25, -0.2) is 0 Å². The first-order valence-electron chi connectivity index (χ1n) is 6.51. The van der Waals surface area contributed by atoms with Crippen molar-refractivity contribution in [2.45, 2.75) is 10.6 Å². The van der Waals surface area contributed by atoms with Crippen molar-refractivity contribution in [1.29, 1.82) is 0 Å². The Bertz CT molecular complexity index is 568. The van der Waals surface area contributed by atoms with E-state index in [4.69, 9.17) is 5.48 Å². The molecule has 0 N–H and O–H groups in total. The van der Waals surface area contributed by atoms with Gasteiger partial charge < -0.3 is 0 Å². The number of pyridine rings is 2. The molecule has 16 heavy (non-hydrogen) atoms. The zero-order valence-electron chi connectivity index (χ0n) is 12.1. The normalized spacial score (nSPS) is 15.9. The van der Waals surface area contributed by atoms with E-state index in [1.54, 1.807) is 36.4 Å². The van der Waals surface area contributed by atoms with Crippen LogP contribution in [0.25, 0.3) is 11.4 Å². The van der Waals surface area contributed by atoms with Crippen molar-refractivity contribution in [2.75, 3.05) is 0 Å². The van der Waals surface area contributed by atoms with Crippen molar-refractivity contribution in [3.8, 4) is 11.4 Å². The van der Waals surface area contributed by atoms with E-state index in [0.29, 0.717) is 11.4 Å². The van der Waals surface area contributed by atoms with Crippen molar-refractivity contribution in [3.63, 3.8) is 0 Å². The van der Waals surface area contributed by atoms with E-state index in [1.165, 1.54) is 0 Å². The molecule has 2 rings (SSSR count). The molecule has 0 saturated heterocycles. The van der Waals surface area contributed by atoms with E-state index < -0.39 is 10.6 Å². The SMILES string of the molecule is [2H]C([2H])(Br)c1cccc(-c2cccc(C([2H])([2H])Br)n2)n1. The molecule has 0 fully saturated rings. The van der Waals surface area contributed by atoms with Gasteiger partial charge in [0.15, 0.2) is 0 Å². The fourth-order valence-electron chi connectivity index (χ4n) is 1.26. The molecule has 0 bridgehead atoms. The van der Waals surface area contributed by atoms with Crippen LogP contribution in [0.5, 0.6) is 0 Å². The Labute approximate surface area is 117 Å². The molecule has 0 saturated carbocycles. The van der Waals surface area contributed by atoms with E-state index in [0.717, 1.165) is 0 Å². The standard InChI is InChI=1S/C12H10Br2N2/c13-7-9-3-1-5-11(15-9)12-6-2-4-10(8-14)16-12/h1-6H,7-8H2/i7D2,8D2. The number of hydrogen-bond acceptors (Lipinski definition) is 2. The van der Waals surface area contributed by atoms with Crippen molar-refractivity contribution in [3.05, 3.63) is 47.8 Å². The summed E-state index contributed by atoms with van der Waals surface area (Å²) in [7, 11) is 0. The average molecular weight is 346 g/mol. The van der Waals surface area contributed by atoms with Gasteiger partial charge >= 0.3 is 0 Å². The van der Waals surface area contributed by atoms with Gasteiger partial charge in [0.05, 0.1) is 22.8 Å². The predicted octanol–water partition coefficient (Wildman–Crippen LogP) is 3.93. The summed E-state index contributed by atoms with van der Waals surface area (Å²) in [4.78, 5) is 8.43. The minimum atomic E-state index is -1.72. The van der Waals surface area contributed by atoms with Crippen LogP contribution in [0, 0.1) is 0 Å². The van der Waals surface area contributed by atoms with Crippen molar-refractivity contribution in [2.24, 2.45) is 0 Å². The largest absolute Gasteiger partial charge is 0.250 e. The zero-order valence-corrected chi connectivity index (χ0v) is 11.3. The highest BCUT2D eigenvalue weighted by Gasteiger charge is 2.02. The number of rotatable bonds is 3. The molecule has 82 valence electrons. The van der Waals surface area contributed by atoms with Crippen molar-refractivity contribution in [1.82, 2.24) is 9.97 Å². The highest BCUT2D eigenvalue weighted by atomic mass is 79.9. The number of aromatic nitrogens is 2. The van der Waals surface area contributed by atoms with Gasteiger partial charge in [-0.1, -0.05) is 44.0 Å². The number of alkyl halides is 2. The van der Waals surface area contributed by atoms with Crippen LogP contribution in [0.2, 0.25) is 0 Å². The predicted molar refractivity (Wildman–Crippen MR) is 72.7 cm³/mol. The van der Waals surface area contributed by atoms with Crippen LogP contribution in [-0.4, -0.2) is 9.97 Å².